The maximum atomic E-state index is 5.55. The van der Waals surface area contributed by atoms with Crippen molar-refractivity contribution in [3.05, 3.63) is 42.1 Å². The van der Waals surface area contributed by atoms with Gasteiger partial charge in [-0.1, -0.05) is 19.1 Å². The fourth-order valence-electron chi connectivity index (χ4n) is 1.40. The molecule has 2 aromatic rings. The highest BCUT2D eigenvalue weighted by atomic mass is 15.3. The van der Waals surface area contributed by atoms with Gasteiger partial charge in [0.15, 0.2) is 0 Å². The van der Waals surface area contributed by atoms with Crippen molar-refractivity contribution in [2.75, 3.05) is 5.73 Å². The van der Waals surface area contributed by atoms with E-state index in [0.29, 0.717) is 5.82 Å². The van der Waals surface area contributed by atoms with Crippen molar-refractivity contribution in [2.45, 2.75) is 13.3 Å². The lowest BCUT2D eigenvalue weighted by Gasteiger charge is -2.02. The number of nitrogens with zero attached hydrogens (tertiary/aromatic N) is 2. The molecule has 0 unspecified atom stereocenters. The van der Waals surface area contributed by atoms with Crippen molar-refractivity contribution < 1.29 is 0 Å². The Morgan fingerprint density at radius 3 is 2.86 bits per heavy atom. The van der Waals surface area contributed by atoms with E-state index in [-0.39, 0.29) is 0 Å². The molecule has 1 aromatic carbocycles. The summed E-state index contributed by atoms with van der Waals surface area (Å²) in [5, 5.41) is 4.15. The lowest BCUT2D eigenvalue weighted by molar-refractivity contribution is 0.882. The third-order valence-electron chi connectivity index (χ3n) is 2.19. The van der Waals surface area contributed by atoms with Crippen LogP contribution in [0, 0.1) is 0 Å². The van der Waals surface area contributed by atoms with E-state index in [1.165, 1.54) is 5.56 Å². The molecule has 0 aliphatic rings. The molecule has 1 aromatic heterocycles. The van der Waals surface area contributed by atoms with Gasteiger partial charge in [0.05, 0.1) is 5.69 Å². The quantitative estimate of drug-likeness (QED) is 0.781. The molecule has 3 heteroatoms. The Morgan fingerprint density at radius 1 is 1.36 bits per heavy atom. The molecule has 2 rings (SSSR count). The zero-order valence-corrected chi connectivity index (χ0v) is 8.14. The van der Waals surface area contributed by atoms with Crippen LogP contribution in [0.1, 0.15) is 12.5 Å². The second kappa shape index (κ2) is 3.54. The van der Waals surface area contributed by atoms with Crippen LogP contribution in [-0.4, -0.2) is 9.78 Å². The van der Waals surface area contributed by atoms with E-state index in [0.717, 1.165) is 12.1 Å². The maximum absolute atomic E-state index is 5.55. The van der Waals surface area contributed by atoms with Gasteiger partial charge in [0.2, 0.25) is 0 Å². The Hall–Kier alpha value is -1.77. The fourth-order valence-corrected chi connectivity index (χ4v) is 1.40. The minimum atomic E-state index is 0.548. The Balaban J connectivity index is 2.41. The summed E-state index contributed by atoms with van der Waals surface area (Å²) in [6.07, 6.45) is 2.90. The fraction of sp³-hybridized carbons (Fsp3) is 0.182. The molecule has 0 saturated carbocycles. The average Bonchev–Trinajstić information content (AvgIpc) is 2.65. The van der Waals surface area contributed by atoms with Crippen molar-refractivity contribution in [3.63, 3.8) is 0 Å². The first-order valence-electron chi connectivity index (χ1n) is 4.70. The first kappa shape index (κ1) is 8.81. The number of nitrogen functional groups attached to an aromatic ring is 1. The average molecular weight is 187 g/mol. The highest BCUT2D eigenvalue weighted by molar-refractivity contribution is 5.37. The van der Waals surface area contributed by atoms with Gasteiger partial charge in [-0.2, -0.15) is 5.10 Å². The number of rotatable bonds is 2. The summed E-state index contributed by atoms with van der Waals surface area (Å²) in [5.74, 6) is 0.548. The van der Waals surface area contributed by atoms with E-state index in [4.69, 9.17) is 5.73 Å². The number of benzene rings is 1. The SMILES string of the molecule is CCc1cccc(-n2ccc(N)n2)c1. The number of hydrogen-bond donors (Lipinski definition) is 1. The summed E-state index contributed by atoms with van der Waals surface area (Å²) in [6, 6.07) is 10.1. The van der Waals surface area contributed by atoms with E-state index in [9.17, 15) is 0 Å². The standard InChI is InChI=1S/C11H13N3/c1-2-9-4-3-5-10(8-9)14-7-6-11(12)13-14/h3-8H,2H2,1H3,(H2,12,13). The molecule has 1 heterocycles. The van der Waals surface area contributed by atoms with E-state index in [2.05, 4.69) is 24.2 Å². The lowest BCUT2D eigenvalue weighted by Crippen LogP contribution is -1.96. The molecule has 0 bridgehead atoms. The van der Waals surface area contributed by atoms with Gasteiger partial charge in [-0.25, -0.2) is 4.68 Å². The van der Waals surface area contributed by atoms with Gasteiger partial charge in [-0.05, 0) is 24.1 Å². The Morgan fingerprint density at radius 2 is 2.21 bits per heavy atom. The third-order valence-corrected chi connectivity index (χ3v) is 2.19. The number of aromatic nitrogens is 2. The molecule has 0 atom stereocenters. The van der Waals surface area contributed by atoms with Crippen LogP contribution in [0.25, 0.3) is 5.69 Å². The zero-order valence-electron chi connectivity index (χ0n) is 8.14. The Labute approximate surface area is 83.2 Å². The van der Waals surface area contributed by atoms with Gasteiger partial charge >= 0.3 is 0 Å². The van der Waals surface area contributed by atoms with Crippen molar-refractivity contribution in [2.24, 2.45) is 0 Å². The van der Waals surface area contributed by atoms with Gasteiger partial charge in [-0.3, -0.25) is 0 Å². The molecule has 3 nitrogen and oxygen atoms in total. The molecule has 14 heavy (non-hydrogen) atoms. The number of hydrogen-bond acceptors (Lipinski definition) is 2. The van der Waals surface area contributed by atoms with Crippen LogP contribution in [0.4, 0.5) is 5.82 Å². The maximum Gasteiger partial charge on any atom is 0.145 e. The molecule has 72 valence electrons. The van der Waals surface area contributed by atoms with Crippen LogP contribution in [0.3, 0.4) is 0 Å². The van der Waals surface area contributed by atoms with Crippen molar-refractivity contribution in [1.29, 1.82) is 0 Å². The monoisotopic (exact) mass is 187 g/mol. The second-order valence-corrected chi connectivity index (χ2v) is 3.21. The molecular formula is C11H13N3. The number of anilines is 1. The van der Waals surface area contributed by atoms with E-state index >= 15 is 0 Å². The lowest BCUT2D eigenvalue weighted by atomic mass is 10.1. The number of nitrogens with two attached hydrogens (primary N) is 1. The summed E-state index contributed by atoms with van der Waals surface area (Å²) in [6.45, 7) is 2.14. The highest BCUT2D eigenvalue weighted by Gasteiger charge is 1.98. The normalized spacial score (nSPS) is 10.4. The van der Waals surface area contributed by atoms with Crippen molar-refractivity contribution in [3.8, 4) is 5.69 Å². The van der Waals surface area contributed by atoms with Gasteiger partial charge in [0, 0.05) is 12.3 Å². The molecule has 0 aliphatic carbocycles. The second-order valence-electron chi connectivity index (χ2n) is 3.21. The Kier molecular flexibility index (Phi) is 2.23. The van der Waals surface area contributed by atoms with E-state index in [1.54, 1.807) is 10.7 Å². The van der Waals surface area contributed by atoms with Gasteiger partial charge in [-0.15, -0.1) is 0 Å². The van der Waals surface area contributed by atoms with Crippen LogP contribution in [-0.2, 0) is 6.42 Å². The van der Waals surface area contributed by atoms with Crippen LogP contribution >= 0.6 is 0 Å². The van der Waals surface area contributed by atoms with Crippen molar-refractivity contribution in [1.82, 2.24) is 9.78 Å². The van der Waals surface area contributed by atoms with Crippen LogP contribution < -0.4 is 5.73 Å². The first-order chi connectivity index (χ1) is 6.79. The zero-order chi connectivity index (χ0) is 9.97. The minimum absolute atomic E-state index is 0.548. The largest absolute Gasteiger partial charge is 0.382 e. The smallest absolute Gasteiger partial charge is 0.145 e. The summed E-state index contributed by atoms with van der Waals surface area (Å²) in [7, 11) is 0. The predicted molar refractivity (Wildman–Crippen MR) is 57.4 cm³/mol. The predicted octanol–water partition coefficient (Wildman–Crippen LogP) is 2.02. The van der Waals surface area contributed by atoms with E-state index < -0.39 is 0 Å². The topological polar surface area (TPSA) is 43.8 Å². The summed E-state index contributed by atoms with van der Waals surface area (Å²) in [5.41, 5.74) is 7.91. The molecule has 0 aliphatic heterocycles. The van der Waals surface area contributed by atoms with Gasteiger partial charge in [0.25, 0.3) is 0 Å². The molecule has 0 radical (unpaired) electrons. The van der Waals surface area contributed by atoms with Crippen LogP contribution in [0.15, 0.2) is 36.5 Å². The molecule has 0 fully saturated rings. The Bertz CT molecular complexity index is 432. The third kappa shape index (κ3) is 1.62. The molecular weight excluding hydrogens is 174 g/mol. The summed E-state index contributed by atoms with van der Waals surface area (Å²) in [4.78, 5) is 0. The minimum Gasteiger partial charge on any atom is -0.382 e. The van der Waals surface area contributed by atoms with Gasteiger partial charge < -0.3 is 5.73 Å². The molecule has 2 N–H and O–H groups in total. The van der Waals surface area contributed by atoms with Crippen LogP contribution in [0.5, 0.6) is 0 Å². The van der Waals surface area contributed by atoms with E-state index in [1.807, 2.05) is 18.3 Å². The van der Waals surface area contributed by atoms with Crippen LogP contribution in [0.2, 0.25) is 0 Å². The number of aryl methyl sites for hydroxylation is 1. The van der Waals surface area contributed by atoms with Gasteiger partial charge in [0.1, 0.15) is 5.82 Å². The molecule has 0 spiro atoms. The molecule has 0 amide bonds. The molecule has 0 saturated heterocycles. The first-order valence-corrected chi connectivity index (χ1v) is 4.70. The highest BCUT2D eigenvalue weighted by Crippen LogP contribution is 2.11. The van der Waals surface area contributed by atoms with Crippen molar-refractivity contribution >= 4 is 5.82 Å². The summed E-state index contributed by atoms with van der Waals surface area (Å²) < 4.78 is 1.79. The summed E-state index contributed by atoms with van der Waals surface area (Å²) >= 11 is 0.